The lowest BCUT2D eigenvalue weighted by Crippen LogP contribution is -2.38. The van der Waals surface area contributed by atoms with Gasteiger partial charge in [-0.15, -0.1) is 6.58 Å². The first-order valence-electron chi connectivity index (χ1n) is 13.6. The van der Waals surface area contributed by atoms with E-state index in [9.17, 15) is 4.79 Å². The van der Waals surface area contributed by atoms with E-state index in [1.54, 1.807) is 15.4 Å². The van der Waals surface area contributed by atoms with Gasteiger partial charge in [0.1, 0.15) is 11.5 Å². The zero-order valence-corrected chi connectivity index (χ0v) is 22.9. The van der Waals surface area contributed by atoms with Gasteiger partial charge in [-0.25, -0.2) is 14.3 Å². The number of nitrogens with one attached hydrogen (secondary N) is 3. The number of pyridine rings is 1. The molecule has 3 aromatic heterocycles. The van der Waals surface area contributed by atoms with Crippen molar-refractivity contribution >= 4 is 34.6 Å². The number of hydrogen-bond donors (Lipinski definition) is 3. The molecule has 210 valence electrons. The number of ether oxygens (including phenoxy) is 1. The van der Waals surface area contributed by atoms with Gasteiger partial charge in [0.15, 0.2) is 11.5 Å². The molecular weight excluding hydrogens is 506 g/mol. The monoisotopic (exact) mass is 543 g/mol. The number of piperidine rings is 1. The second-order valence-electron chi connectivity index (χ2n) is 9.73. The van der Waals surface area contributed by atoms with Gasteiger partial charge < -0.3 is 25.7 Å². The van der Waals surface area contributed by atoms with E-state index in [2.05, 4.69) is 34.0 Å². The number of nitrogens with zero attached hydrogens (tertiary/aromatic N) is 6. The Bertz CT molecular complexity index is 1570. The topological polar surface area (TPSA) is 126 Å². The van der Waals surface area contributed by atoms with Gasteiger partial charge in [-0.1, -0.05) is 19.1 Å². The Labute approximate surface area is 234 Å². The number of allylic oxidation sites excluding steroid dienone is 1. The molecule has 0 aliphatic carbocycles. The highest BCUT2D eigenvalue weighted by Gasteiger charge is 2.22. The fourth-order valence-corrected chi connectivity index (χ4v) is 5.05. The molecule has 0 unspecified atom stereocenters. The lowest BCUT2D eigenvalue weighted by Gasteiger charge is -2.31. The third kappa shape index (κ3) is 5.59. The Morgan fingerprint density at radius 1 is 1.23 bits per heavy atom. The van der Waals surface area contributed by atoms with Gasteiger partial charge in [0.05, 0.1) is 6.54 Å². The molecule has 1 saturated heterocycles. The average molecular weight is 544 g/mol. The fraction of sp³-hybridized carbons (Fsp3) is 0.345. The maximum atomic E-state index is 13.3. The molecule has 0 bridgehead atoms. The van der Waals surface area contributed by atoms with Gasteiger partial charge in [0.25, 0.3) is 5.56 Å². The van der Waals surface area contributed by atoms with Gasteiger partial charge in [-0.05, 0) is 50.1 Å². The average Bonchev–Trinajstić information content (AvgIpc) is 3.25. The number of likely N-dealkylation sites (tertiary alicyclic amines) is 1. The lowest BCUT2D eigenvalue weighted by atomic mass is 10.1. The molecule has 0 amide bonds. The van der Waals surface area contributed by atoms with Crippen LogP contribution in [0, 0.1) is 5.41 Å². The normalized spacial score (nSPS) is 14.2. The third-order valence-electron chi connectivity index (χ3n) is 7.00. The minimum absolute atomic E-state index is 0. The maximum absolute atomic E-state index is 13.3. The second kappa shape index (κ2) is 12.1. The first-order chi connectivity index (χ1) is 19.5. The van der Waals surface area contributed by atoms with Crippen molar-refractivity contribution in [3.63, 3.8) is 0 Å². The van der Waals surface area contributed by atoms with Crippen LogP contribution in [0.4, 0.5) is 17.3 Å². The summed E-state index contributed by atoms with van der Waals surface area (Å²) in [6.07, 6.45) is 7.63. The molecule has 1 aromatic carbocycles. The third-order valence-corrected chi connectivity index (χ3v) is 7.00. The molecular formula is C29H37N9O2. The zero-order valence-electron chi connectivity index (χ0n) is 22.9. The summed E-state index contributed by atoms with van der Waals surface area (Å²) in [4.78, 5) is 29.7. The first kappa shape index (κ1) is 27.1. The molecule has 1 fully saturated rings. The molecule has 11 nitrogen and oxygen atoms in total. The molecule has 4 aromatic rings. The zero-order chi connectivity index (χ0) is 28.1. The molecule has 1 aliphatic rings. The van der Waals surface area contributed by atoms with Crippen molar-refractivity contribution in [1.82, 2.24) is 29.2 Å². The van der Waals surface area contributed by atoms with Gasteiger partial charge >= 0.3 is 0 Å². The molecule has 5 rings (SSSR count). The number of aromatic nitrogens is 5. The van der Waals surface area contributed by atoms with Crippen LogP contribution in [0.15, 0.2) is 60.0 Å². The van der Waals surface area contributed by atoms with E-state index in [4.69, 9.17) is 20.1 Å². The maximum Gasteiger partial charge on any atom is 0.278 e. The van der Waals surface area contributed by atoms with E-state index in [1.807, 2.05) is 43.4 Å². The summed E-state index contributed by atoms with van der Waals surface area (Å²) in [6, 6.07) is 11.1. The van der Waals surface area contributed by atoms with Crippen molar-refractivity contribution in [3.05, 3.63) is 71.2 Å². The largest absolute Gasteiger partial charge is 0.474 e. The van der Waals surface area contributed by atoms with Crippen LogP contribution >= 0.6 is 0 Å². The van der Waals surface area contributed by atoms with Crippen LogP contribution in [0.5, 0.6) is 5.88 Å². The van der Waals surface area contributed by atoms with Crippen molar-refractivity contribution in [2.75, 3.05) is 37.3 Å². The van der Waals surface area contributed by atoms with Crippen molar-refractivity contribution in [1.29, 1.82) is 5.41 Å². The Balaban J connectivity index is 0.00000387. The molecule has 11 heteroatoms. The summed E-state index contributed by atoms with van der Waals surface area (Å²) in [6.45, 7) is 9.46. The van der Waals surface area contributed by atoms with E-state index in [0.29, 0.717) is 28.7 Å². The van der Waals surface area contributed by atoms with Crippen molar-refractivity contribution in [2.24, 2.45) is 0 Å². The number of benzene rings is 1. The quantitative estimate of drug-likeness (QED) is 0.187. The van der Waals surface area contributed by atoms with Crippen molar-refractivity contribution < 1.29 is 6.16 Å². The van der Waals surface area contributed by atoms with E-state index in [0.717, 1.165) is 55.8 Å². The fourth-order valence-electron chi connectivity index (χ4n) is 5.05. The summed E-state index contributed by atoms with van der Waals surface area (Å²) < 4.78 is 9.51. The Morgan fingerprint density at radius 2 is 2.05 bits per heavy atom. The van der Waals surface area contributed by atoms with Crippen LogP contribution in [0.1, 0.15) is 33.2 Å². The number of anilines is 3. The van der Waals surface area contributed by atoms with Crippen molar-refractivity contribution in [2.45, 2.75) is 38.8 Å². The summed E-state index contributed by atoms with van der Waals surface area (Å²) in [5.41, 5.74) is 2.46. The smallest absolute Gasteiger partial charge is 0.278 e. The van der Waals surface area contributed by atoms with E-state index in [-0.39, 0.29) is 19.6 Å². The molecule has 40 heavy (non-hydrogen) atoms. The lowest BCUT2D eigenvalue weighted by molar-refractivity contribution is 0.0969. The van der Waals surface area contributed by atoms with Crippen LogP contribution in [0.2, 0.25) is 0 Å². The van der Waals surface area contributed by atoms with E-state index >= 15 is 0 Å². The molecule has 1 aliphatic heterocycles. The Kier molecular flexibility index (Phi) is 8.20. The highest BCUT2D eigenvalue weighted by molar-refractivity contribution is 5.88. The number of hydrogen-bond acceptors (Lipinski definition) is 9. The van der Waals surface area contributed by atoms with Crippen LogP contribution in [-0.2, 0) is 6.54 Å². The Morgan fingerprint density at radius 3 is 2.77 bits per heavy atom. The Hall–Kier alpha value is -4.51. The summed E-state index contributed by atoms with van der Waals surface area (Å²) >= 11 is 0. The predicted molar refractivity (Wildman–Crippen MR) is 161 cm³/mol. The van der Waals surface area contributed by atoms with Gasteiger partial charge in [0.2, 0.25) is 11.8 Å². The number of fused-ring (bicyclic) bond motifs is 1. The standard InChI is InChI=1S/C29H35N9O2.H2/c1-4-13-36-15-11-22(12-16-36)40-26-8-6-7-25(34-26)38-27-23(28(39)37(38)14-5-2)19-32-29(35-27)33-21-9-10-24(31-3)20(17-21)18-30;/h5-10,17-19,22,30-31H,2,4,11-16H2,1,3H3,(H,32,33,35);1H. The van der Waals surface area contributed by atoms with Gasteiger partial charge in [0, 0.05) is 57.0 Å². The predicted octanol–water partition coefficient (Wildman–Crippen LogP) is 4.45. The van der Waals surface area contributed by atoms with Crippen LogP contribution in [-0.4, -0.2) is 68.2 Å². The highest BCUT2D eigenvalue weighted by Crippen LogP contribution is 2.24. The molecule has 0 radical (unpaired) electrons. The summed E-state index contributed by atoms with van der Waals surface area (Å²) in [5.74, 6) is 1.35. The first-order valence-corrected chi connectivity index (χ1v) is 13.6. The van der Waals surface area contributed by atoms with Gasteiger partial charge in [-0.2, -0.15) is 9.97 Å². The van der Waals surface area contributed by atoms with Crippen molar-refractivity contribution in [3.8, 4) is 11.7 Å². The molecule has 0 atom stereocenters. The molecule has 0 spiro atoms. The minimum Gasteiger partial charge on any atom is -0.474 e. The second-order valence-corrected chi connectivity index (χ2v) is 9.73. The number of rotatable bonds is 11. The van der Waals surface area contributed by atoms with Crippen LogP contribution < -0.4 is 20.9 Å². The summed E-state index contributed by atoms with van der Waals surface area (Å²) in [5, 5.41) is 14.3. The molecule has 4 heterocycles. The summed E-state index contributed by atoms with van der Waals surface area (Å²) in [7, 11) is 1.81. The van der Waals surface area contributed by atoms with E-state index < -0.39 is 0 Å². The van der Waals surface area contributed by atoms with Crippen LogP contribution in [0.25, 0.3) is 16.9 Å². The highest BCUT2D eigenvalue weighted by atomic mass is 16.5. The molecule has 3 N–H and O–H groups in total. The SMILES string of the molecule is C=CCn1c(=O)c2cnc(Nc3ccc(NC)c(C=N)c3)nc2n1-c1cccc(OC2CCN(CCC)CC2)n1.[HH]. The van der Waals surface area contributed by atoms with Gasteiger partial charge in [-0.3, -0.25) is 4.79 Å². The minimum atomic E-state index is -0.234. The van der Waals surface area contributed by atoms with E-state index in [1.165, 1.54) is 12.4 Å². The van der Waals surface area contributed by atoms with Crippen LogP contribution in [0.3, 0.4) is 0 Å². The molecule has 0 saturated carbocycles.